The fourth-order valence-corrected chi connectivity index (χ4v) is 2.14. The Morgan fingerprint density at radius 3 is 2.81 bits per heavy atom. The van der Waals surface area contributed by atoms with Crippen LogP contribution in [0.3, 0.4) is 0 Å². The number of hydrogen-bond donors (Lipinski definition) is 1. The third-order valence-electron chi connectivity index (χ3n) is 3.08. The van der Waals surface area contributed by atoms with E-state index < -0.39 is 0 Å². The topological polar surface area (TPSA) is 66.6 Å². The van der Waals surface area contributed by atoms with Crippen molar-refractivity contribution in [2.45, 2.75) is 38.8 Å². The van der Waals surface area contributed by atoms with Crippen LogP contribution in [0.1, 0.15) is 26.7 Å². The summed E-state index contributed by atoms with van der Waals surface area (Å²) in [6.07, 6.45) is 2.87. The number of carbonyl (C=O) groups excluding carboxylic acids is 2. The summed E-state index contributed by atoms with van der Waals surface area (Å²) in [4.78, 5) is 26.0. The molecule has 5 heteroatoms. The van der Waals surface area contributed by atoms with Crippen molar-refractivity contribution in [2.24, 2.45) is 5.73 Å². The van der Waals surface area contributed by atoms with E-state index in [0.717, 1.165) is 25.8 Å². The van der Waals surface area contributed by atoms with Crippen molar-refractivity contribution in [1.82, 2.24) is 9.80 Å². The summed E-state index contributed by atoms with van der Waals surface area (Å²) in [5.74, 6) is -0.0484. The Kier molecular flexibility index (Phi) is 4.73. The van der Waals surface area contributed by atoms with Gasteiger partial charge in [0.2, 0.25) is 12.3 Å². The van der Waals surface area contributed by atoms with Crippen molar-refractivity contribution >= 4 is 12.3 Å². The first-order chi connectivity index (χ1) is 7.60. The Bertz CT molecular complexity index is 256. The van der Waals surface area contributed by atoms with E-state index in [4.69, 9.17) is 5.73 Å². The summed E-state index contributed by atoms with van der Waals surface area (Å²) >= 11 is 0. The molecule has 0 radical (unpaired) electrons. The molecule has 16 heavy (non-hydrogen) atoms. The highest BCUT2D eigenvalue weighted by Crippen LogP contribution is 2.17. The lowest BCUT2D eigenvalue weighted by Gasteiger charge is -2.31. The van der Waals surface area contributed by atoms with Crippen LogP contribution in [-0.4, -0.2) is 53.8 Å². The molecule has 2 amide bonds. The van der Waals surface area contributed by atoms with Crippen molar-refractivity contribution in [1.29, 1.82) is 0 Å². The van der Waals surface area contributed by atoms with Crippen LogP contribution in [0.4, 0.5) is 0 Å². The monoisotopic (exact) mass is 227 g/mol. The smallest absolute Gasteiger partial charge is 0.236 e. The minimum absolute atomic E-state index is 0.0337. The van der Waals surface area contributed by atoms with Gasteiger partial charge in [0.05, 0.1) is 6.54 Å². The molecule has 1 unspecified atom stereocenters. The third-order valence-corrected chi connectivity index (χ3v) is 3.08. The van der Waals surface area contributed by atoms with E-state index in [1.165, 1.54) is 0 Å². The van der Waals surface area contributed by atoms with Gasteiger partial charge in [-0.2, -0.15) is 0 Å². The number of hydrogen-bond acceptors (Lipinski definition) is 3. The Balaban J connectivity index is 2.60. The van der Waals surface area contributed by atoms with Crippen LogP contribution in [-0.2, 0) is 9.59 Å². The van der Waals surface area contributed by atoms with Gasteiger partial charge < -0.3 is 15.5 Å². The lowest BCUT2D eigenvalue weighted by atomic mass is 10.2. The highest BCUT2D eigenvalue weighted by Gasteiger charge is 2.27. The third kappa shape index (κ3) is 2.95. The number of nitrogens with zero attached hydrogens (tertiary/aromatic N) is 2. The zero-order valence-electron chi connectivity index (χ0n) is 10.1. The zero-order chi connectivity index (χ0) is 12.1. The van der Waals surface area contributed by atoms with Crippen LogP contribution >= 0.6 is 0 Å². The lowest BCUT2D eigenvalue weighted by molar-refractivity contribution is -0.133. The minimum Gasteiger partial charge on any atom is -0.340 e. The second kappa shape index (κ2) is 5.84. The molecule has 0 aromatic rings. The largest absolute Gasteiger partial charge is 0.340 e. The van der Waals surface area contributed by atoms with E-state index in [1.54, 1.807) is 9.80 Å². The van der Waals surface area contributed by atoms with Crippen molar-refractivity contribution < 1.29 is 9.59 Å². The predicted octanol–water partition coefficient (Wildman–Crippen LogP) is -0.197. The quantitative estimate of drug-likeness (QED) is 0.662. The van der Waals surface area contributed by atoms with Crippen molar-refractivity contribution in [3.05, 3.63) is 0 Å². The van der Waals surface area contributed by atoms with Crippen LogP contribution in [0.15, 0.2) is 0 Å². The average molecular weight is 227 g/mol. The van der Waals surface area contributed by atoms with Gasteiger partial charge in [-0.3, -0.25) is 9.59 Å². The second-order valence-corrected chi connectivity index (χ2v) is 4.48. The number of amides is 2. The molecule has 1 aliphatic rings. The van der Waals surface area contributed by atoms with Gasteiger partial charge >= 0.3 is 0 Å². The van der Waals surface area contributed by atoms with Gasteiger partial charge in [-0.05, 0) is 26.7 Å². The van der Waals surface area contributed by atoms with Gasteiger partial charge in [0, 0.05) is 25.2 Å². The number of nitrogens with two attached hydrogens (primary N) is 1. The van der Waals surface area contributed by atoms with E-state index in [-0.39, 0.29) is 24.5 Å². The maximum Gasteiger partial charge on any atom is 0.236 e. The van der Waals surface area contributed by atoms with E-state index in [0.29, 0.717) is 6.54 Å². The summed E-state index contributed by atoms with van der Waals surface area (Å²) in [6, 6.07) is 0.292. The maximum absolute atomic E-state index is 11.6. The van der Waals surface area contributed by atoms with E-state index >= 15 is 0 Å². The number of likely N-dealkylation sites (tertiary alicyclic amines) is 1. The molecule has 5 nitrogen and oxygen atoms in total. The molecular formula is C11H21N3O2. The Morgan fingerprint density at radius 1 is 1.62 bits per heavy atom. The highest BCUT2D eigenvalue weighted by atomic mass is 16.2. The molecule has 1 atom stereocenters. The first-order valence-electron chi connectivity index (χ1n) is 5.80. The predicted molar refractivity (Wildman–Crippen MR) is 61.7 cm³/mol. The fourth-order valence-electron chi connectivity index (χ4n) is 2.14. The van der Waals surface area contributed by atoms with Crippen LogP contribution in [0, 0.1) is 0 Å². The standard InChI is InChI=1S/C11H21N3O2/c1-9(2)14(11(16)6-12)7-10-4-3-5-13(10)8-15/h8-10H,3-7,12H2,1-2H3. The molecule has 2 N–H and O–H groups in total. The highest BCUT2D eigenvalue weighted by molar-refractivity contribution is 5.78. The fraction of sp³-hybridized carbons (Fsp3) is 0.818. The normalized spacial score (nSPS) is 20.2. The molecule has 0 bridgehead atoms. The molecule has 0 spiro atoms. The zero-order valence-corrected chi connectivity index (χ0v) is 10.1. The van der Waals surface area contributed by atoms with Gasteiger partial charge in [-0.15, -0.1) is 0 Å². The molecule has 92 valence electrons. The summed E-state index contributed by atoms with van der Waals surface area (Å²) in [7, 11) is 0. The minimum atomic E-state index is -0.0484. The molecule has 0 aromatic carbocycles. The van der Waals surface area contributed by atoms with E-state index in [1.807, 2.05) is 13.8 Å². The first kappa shape index (κ1) is 13.0. The van der Waals surface area contributed by atoms with Crippen LogP contribution in [0.25, 0.3) is 0 Å². The summed E-state index contributed by atoms with van der Waals surface area (Å²) in [5, 5.41) is 0. The van der Waals surface area contributed by atoms with Crippen molar-refractivity contribution in [3.63, 3.8) is 0 Å². The SMILES string of the molecule is CC(C)N(CC1CCCN1C=O)C(=O)CN. The van der Waals surface area contributed by atoms with Gasteiger partial charge in [0.15, 0.2) is 0 Å². The molecule has 1 fully saturated rings. The molecule has 1 heterocycles. The summed E-state index contributed by atoms with van der Waals surface area (Å²) in [5.41, 5.74) is 5.38. The van der Waals surface area contributed by atoms with Gasteiger partial charge in [0.25, 0.3) is 0 Å². The van der Waals surface area contributed by atoms with Crippen LogP contribution < -0.4 is 5.73 Å². The summed E-state index contributed by atoms with van der Waals surface area (Å²) in [6.45, 7) is 5.37. The molecular weight excluding hydrogens is 206 g/mol. The lowest BCUT2D eigenvalue weighted by Crippen LogP contribution is -2.47. The Morgan fingerprint density at radius 2 is 2.31 bits per heavy atom. The first-order valence-corrected chi connectivity index (χ1v) is 5.80. The van der Waals surface area contributed by atoms with Crippen LogP contribution in [0.5, 0.6) is 0 Å². The second-order valence-electron chi connectivity index (χ2n) is 4.48. The van der Waals surface area contributed by atoms with Crippen molar-refractivity contribution in [2.75, 3.05) is 19.6 Å². The van der Waals surface area contributed by atoms with Gasteiger partial charge in [0.1, 0.15) is 0 Å². The molecule has 0 aromatic heterocycles. The number of carbonyl (C=O) groups is 2. The maximum atomic E-state index is 11.6. The van der Waals surface area contributed by atoms with E-state index in [2.05, 4.69) is 0 Å². The van der Waals surface area contributed by atoms with Gasteiger partial charge in [-0.1, -0.05) is 0 Å². The average Bonchev–Trinajstić information content (AvgIpc) is 2.71. The van der Waals surface area contributed by atoms with Crippen molar-refractivity contribution in [3.8, 4) is 0 Å². The van der Waals surface area contributed by atoms with Gasteiger partial charge in [-0.25, -0.2) is 0 Å². The molecule has 0 aliphatic carbocycles. The molecule has 1 saturated heterocycles. The Labute approximate surface area is 96.6 Å². The van der Waals surface area contributed by atoms with Crippen LogP contribution in [0.2, 0.25) is 0 Å². The number of rotatable bonds is 5. The summed E-state index contributed by atoms with van der Waals surface area (Å²) < 4.78 is 0. The molecule has 1 aliphatic heterocycles. The molecule has 1 rings (SSSR count). The molecule has 0 saturated carbocycles. The Hall–Kier alpha value is -1.10. The van der Waals surface area contributed by atoms with E-state index in [9.17, 15) is 9.59 Å².